The first-order valence-electron chi connectivity index (χ1n) is 17.8. The third kappa shape index (κ3) is 5.14. The smallest absolute Gasteiger partial charge is 0.172 e. The SMILES string of the molecule is CCCCCC[C@H](C)[C@@H](O)[C@H](O)[C@@H](C)[C@H]1CCC2C3CC4(OCCO4)C4C[C@@H]5OC(C)(C)O[C@@H]5C[C@]4(C)C3CC[C@@]21C. The Hall–Kier alpha value is -0.240. The maximum absolute atomic E-state index is 11.5. The van der Waals surface area contributed by atoms with E-state index in [1.165, 1.54) is 38.5 Å². The molecule has 4 saturated carbocycles. The van der Waals surface area contributed by atoms with Gasteiger partial charge in [0.05, 0.1) is 37.6 Å². The Balaban J connectivity index is 1.21. The van der Waals surface area contributed by atoms with Crippen LogP contribution in [0.4, 0.5) is 0 Å². The molecule has 6 aliphatic rings. The predicted octanol–water partition coefficient (Wildman–Crippen LogP) is 7.09. The maximum atomic E-state index is 11.5. The van der Waals surface area contributed by atoms with Gasteiger partial charge in [-0.2, -0.15) is 0 Å². The first-order chi connectivity index (χ1) is 19.9. The van der Waals surface area contributed by atoms with E-state index in [-0.39, 0.29) is 34.9 Å². The van der Waals surface area contributed by atoms with Crippen molar-refractivity contribution in [3.05, 3.63) is 0 Å². The zero-order chi connectivity index (χ0) is 30.1. The van der Waals surface area contributed by atoms with Crippen LogP contribution in [0.25, 0.3) is 0 Å². The molecule has 13 atom stereocenters. The fourth-order valence-corrected chi connectivity index (χ4v) is 12.0. The number of hydrogen-bond donors (Lipinski definition) is 2. The molecule has 2 heterocycles. The summed E-state index contributed by atoms with van der Waals surface area (Å²) in [6, 6.07) is 0. The molecule has 0 bridgehead atoms. The highest BCUT2D eigenvalue weighted by molar-refractivity contribution is 5.16. The minimum atomic E-state index is -0.663. The van der Waals surface area contributed by atoms with Crippen molar-refractivity contribution in [3.8, 4) is 0 Å². The molecular weight excluding hydrogens is 528 g/mol. The zero-order valence-electron chi connectivity index (χ0n) is 27.8. The van der Waals surface area contributed by atoms with Gasteiger partial charge in [0.1, 0.15) is 0 Å². The zero-order valence-corrected chi connectivity index (χ0v) is 27.8. The number of ether oxygens (including phenoxy) is 4. The number of aliphatic hydroxyl groups excluding tert-OH is 2. The lowest BCUT2D eigenvalue weighted by atomic mass is 9.42. The maximum Gasteiger partial charge on any atom is 0.172 e. The highest BCUT2D eigenvalue weighted by atomic mass is 16.8. The fourth-order valence-electron chi connectivity index (χ4n) is 12.0. The second kappa shape index (κ2) is 11.5. The van der Waals surface area contributed by atoms with Crippen LogP contribution in [0, 0.1) is 52.3 Å². The highest BCUT2D eigenvalue weighted by Gasteiger charge is 2.70. The Morgan fingerprint density at radius 2 is 1.48 bits per heavy atom. The molecule has 2 aliphatic heterocycles. The Bertz CT molecular complexity index is 947. The largest absolute Gasteiger partial charge is 0.390 e. The lowest BCUT2D eigenvalue weighted by molar-refractivity contribution is -0.301. The predicted molar refractivity (Wildman–Crippen MR) is 164 cm³/mol. The summed E-state index contributed by atoms with van der Waals surface area (Å²) < 4.78 is 26.3. The van der Waals surface area contributed by atoms with Crippen molar-refractivity contribution in [2.24, 2.45) is 52.3 Å². The molecule has 2 N–H and O–H groups in total. The quantitative estimate of drug-likeness (QED) is 0.279. The average Bonchev–Trinajstić information content (AvgIpc) is 3.63. The van der Waals surface area contributed by atoms with E-state index in [1.807, 2.05) is 0 Å². The van der Waals surface area contributed by atoms with Crippen molar-refractivity contribution in [1.82, 2.24) is 0 Å². The van der Waals surface area contributed by atoms with Gasteiger partial charge in [0.2, 0.25) is 0 Å². The summed E-state index contributed by atoms with van der Waals surface area (Å²) in [6.07, 6.45) is 12.5. The molecular formula is C36H62O6. The summed E-state index contributed by atoms with van der Waals surface area (Å²) in [5.41, 5.74) is 0.257. The molecule has 4 unspecified atom stereocenters. The molecule has 42 heavy (non-hydrogen) atoms. The van der Waals surface area contributed by atoms with Crippen molar-refractivity contribution < 1.29 is 29.2 Å². The molecule has 0 aromatic carbocycles. The number of aliphatic hydroxyl groups is 2. The van der Waals surface area contributed by atoms with Crippen molar-refractivity contribution >= 4 is 0 Å². The number of unbranched alkanes of at least 4 members (excludes halogenated alkanes) is 3. The average molecular weight is 591 g/mol. The van der Waals surface area contributed by atoms with Gasteiger partial charge in [-0.1, -0.05) is 60.3 Å². The van der Waals surface area contributed by atoms with Crippen molar-refractivity contribution in [3.63, 3.8) is 0 Å². The van der Waals surface area contributed by atoms with Gasteiger partial charge in [-0.05, 0) is 105 Å². The summed E-state index contributed by atoms with van der Waals surface area (Å²) in [6.45, 7) is 17.1. The van der Waals surface area contributed by atoms with Crippen LogP contribution < -0.4 is 0 Å². The summed E-state index contributed by atoms with van der Waals surface area (Å²) in [5, 5.41) is 22.8. The minimum absolute atomic E-state index is 0.0891. The molecule has 0 radical (unpaired) electrons. The second-order valence-corrected chi connectivity index (χ2v) is 16.7. The highest BCUT2D eigenvalue weighted by Crippen LogP contribution is 2.71. The van der Waals surface area contributed by atoms with Gasteiger partial charge in [0.15, 0.2) is 11.6 Å². The molecule has 0 aromatic rings. The summed E-state index contributed by atoms with van der Waals surface area (Å²) in [5.74, 6) is 1.70. The topological polar surface area (TPSA) is 77.4 Å². The Morgan fingerprint density at radius 3 is 2.19 bits per heavy atom. The van der Waals surface area contributed by atoms with Crippen LogP contribution in [0.3, 0.4) is 0 Å². The van der Waals surface area contributed by atoms with Crippen LogP contribution in [0.2, 0.25) is 0 Å². The fraction of sp³-hybridized carbons (Fsp3) is 1.00. The van der Waals surface area contributed by atoms with Crippen LogP contribution in [0.5, 0.6) is 0 Å². The van der Waals surface area contributed by atoms with Crippen LogP contribution in [-0.2, 0) is 18.9 Å². The first kappa shape index (κ1) is 31.7. The normalized spacial score (nSPS) is 46.4. The van der Waals surface area contributed by atoms with Gasteiger partial charge in [-0.15, -0.1) is 0 Å². The van der Waals surface area contributed by atoms with E-state index in [9.17, 15) is 10.2 Å². The molecule has 6 rings (SSSR count). The summed E-state index contributed by atoms with van der Waals surface area (Å²) in [7, 11) is 0. The molecule has 4 aliphatic carbocycles. The van der Waals surface area contributed by atoms with E-state index in [4.69, 9.17) is 18.9 Å². The van der Waals surface area contributed by atoms with E-state index in [0.29, 0.717) is 42.8 Å². The van der Waals surface area contributed by atoms with Crippen molar-refractivity contribution in [1.29, 1.82) is 0 Å². The van der Waals surface area contributed by atoms with Gasteiger partial charge in [0, 0.05) is 12.3 Å². The molecule has 6 heteroatoms. The molecule has 242 valence electrons. The molecule has 1 spiro atoms. The number of hydrogen-bond acceptors (Lipinski definition) is 6. The monoisotopic (exact) mass is 590 g/mol. The van der Waals surface area contributed by atoms with Gasteiger partial charge in [-0.25, -0.2) is 0 Å². The Kier molecular flexibility index (Phi) is 8.71. The number of fused-ring (bicyclic) bond motifs is 7. The van der Waals surface area contributed by atoms with Crippen LogP contribution >= 0.6 is 0 Å². The van der Waals surface area contributed by atoms with Crippen molar-refractivity contribution in [2.75, 3.05) is 13.2 Å². The van der Waals surface area contributed by atoms with Crippen LogP contribution in [0.15, 0.2) is 0 Å². The van der Waals surface area contributed by atoms with Gasteiger partial charge < -0.3 is 29.2 Å². The Labute approximate surface area is 256 Å². The number of rotatable bonds is 9. The van der Waals surface area contributed by atoms with E-state index >= 15 is 0 Å². The van der Waals surface area contributed by atoms with Crippen LogP contribution in [0.1, 0.15) is 126 Å². The third-order valence-electron chi connectivity index (χ3n) is 14.0. The summed E-state index contributed by atoms with van der Waals surface area (Å²) in [4.78, 5) is 0. The van der Waals surface area contributed by atoms with E-state index < -0.39 is 23.8 Å². The minimum Gasteiger partial charge on any atom is -0.390 e. The van der Waals surface area contributed by atoms with Crippen molar-refractivity contribution in [2.45, 2.75) is 162 Å². The van der Waals surface area contributed by atoms with Gasteiger partial charge >= 0.3 is 0 Å². The molecule has 6 fully saturated rings. The first-order valence-corrected chi connectivity index (χ1v) is 17.8. The van der Waals surface area contributed by atoms with E-state index in [1.54, 1.807) is 0 Å². The third-order valence-corrected chi connectivity index (χ3v) is 14.0. The van der Waals surface area contributed by atoms with Gasteiger partial charge in [-0.3, -0.25) is 0 Å². The van der Waals surface area contributed by atoms with Gasteiger partial charge in [0.25, 0.3) is 0 Å². The lowest BCUT2D eigenvalue weighted by Gasteiger charge is -2.65. The molecule has 0 amide bonds. The molecule has 6 nitrogen and oxygen atoms in total. The Morgan fingerprint density at radius 1 is 0.786 bits per heavy atom. The molecule has 0 aromatic heterocycles. The second-order valence-electron chi connectivity index (χ2n) is 16.7. The molecule has 2 saturated heterocycles. The lowest BCUT2D eigenvalue weighted by Crippen LogP contribution is -2.65. The summed E-state index contributed by atoms with van der Waals surface area (Å²) >= 11 is 0. The van der Waals surface area contributed by atoms with E-state index in [0.717, 1.165) is 38.5 Å². The standard InChI is InChI=1S/C36H62O6/c1-8-9-10-11-12-22(2)31(37)32(38)23(3)25-13-14-26-24-20-36(39-17-18-40-36)30-19-28-29(42-33(4,5)41-28)21-35(30,7)27(24)15-16-34(25,26)6/h22-32,37-38H,8-21H2,1-7H3/t22-,23-,24?,25+,26?,27?,28-,29+,30?,31+,32+,34+,35+/m0/s1. The van der Waals surface area contributed by atoms with E-state index in [2.05, 4.69) is 48.5 Å². The van der Waals surface area contributed by atoms with Crippen LogP contribution in [-0.4, -0.2) is 59.4 Å².